The first-order chi connectivity index (χ1) is 7.19. The minimum absolute atomic E-state index is 0.0124. The highest BCUT2D eigenvalue weighted by atomic mass is 16.3. The molecule has 0 aromatic heterocycles. The molecular formula is C11H22N2O2. The molecule has 0 aromatic rings. The van der Waals surface area contributed by atoms with Gasteiger partial charge in [0, 0.05) is 18.6 Å². The lowest BCUT2D eigenvalue weighted by Gasteiger charge is -2.26. The molecule has 1 aliphatic heterocycles. The highest BCUT2D eigenvalue weighted by molar-refractivity contribution is 5.78. The monoisotopic (exact) mass is 214 g/mol. The number of aliphatic hydroxyl groups is 1. The summed E-state index contributed by atoms with van der Waals surface area (Å²) in [6.45, 7) is 5.19. The van der Waals surface area contributed by atoms with E-state index in [4.69, 9.17) is 5.11 Å². The van der Waals surface area contributed by atoms with E-state index in [2.05, 4.69) is 24.1 Å². The van der Waals surface area contributed by atoms with E-state index in [9.17, 15) is 4.79 Å². The molecule has 1 fully saturated rings. The zero-order valence-corrected chi connectivity index (χ0v) is 9.70. The van der Waals surface area contributed by atoms with Crippen molar-refractivity contribution in [1.29, 1.82) is 0 Å². The maximum atomic E-state index is 11.5. The van der Waals surface area contributed by atoms with Gasteiger partial charge in [0.1, 0.15) is 0 Å². The number of nitrogens with one attached hydrogen (secondary N) is 1. The molecule has 0 aliphatic carbocycles. The second kappa shape index (κ2) is 6.08. The van der Waals surface area contributed by atoms with Crippen LogP contribution in [0.3, 0.4) is 0 Å². The quantitative estimate of drug-likeness (QED) is 0.694. The maximum absolute atomic E-state index is 11.5. The smallest absolute Gasteiger partial charge is 0.234 e. The van der Waals surface area contributed by atoms with Crippen LogP contribution in [0.2, 0.25) is 0 Å². The summed E-state index contributed by atoms with van der Waals surface area (Å²) >= 11 is 0. The van der Waals surface area contributed by atoms with Gasteiger partial charge in [0.2, 0.25) is 5.91 Å². The lowest BCUT2D eigenvalue weighted by molar-refractivity contribution is -0.123. The number of amides is 1. The van der Waals surface area contributed by atoms with E-state index >= 15 is 0 Å². The standard InChI is InChI=1S/C11H22N2O2/c1-3-10-5-4-9(2)13(10)8-11(15)12-6-7-14/h9-10,14H,3-8H2,1-2H3,(H,12,15). The molecule has 1 saturated heterocycles. The van der Waals surface area contributed by atoms with Crippen molar-refractivity contribution < 1.29 is 9.90 Å². The van der Waals surface area contributed by atoms with Crippen molar-refractivity contribution >= 4 is 5.91 Å². The molecule has 4 heteroatoms. The number of carbonyl (C=O) groups excluding carboxylic acids is 1. The Morgan fingerprint density at radius 1 is 1.53 bits per heavy atom. The summed E-state index contributed by atoms with van der Waals surface area (Å²) in [6, 6.07) is 1.06. The number of aliphatic hydroxyl groups excluding tert-OH is 1. The molecule has 0 bridgehead atoms. The summed E-state index contributed by atoms with van der Waals surface area (Å²) in [6.07, 6.45) is 3.49. The van der Waals surface area contributed by atoms with E-state index in [1.54, 1.807) is 0 Å². The second-order valence-electron chi connectivity index (χ2n) is 4.23. The highest BCUT2D eigenvalue weighted by Crippen LogP contribution is 2.25. The third kappa shape index (κ3) is 3.47. The Bertz CT molecular complexity index is 209. The molecule has 4 nitrogen and oxygen atoms in total. The molecule has 2 N–H and O–H groups in total. The van der Waals surface area contributed by atoms with Crippen LogP contribution in [-0.2, 0) is 4.79 Å². The summed E-state index contributed by atoms with van der Waals surface area (Å²) in [5.74, 6) is 0.0243. The molecule has 1 rings (SSSR count). The van der Waals surface area contributed by atoms with Crippen LogP contribution in [0.4, 0.5) is 0 Å². The van der Waals surface area contributed by atoms with Crippen LogP contribution >= 0.6 is 0 Å². The fourth-order valence-corrected chi connectivity index (χ4v) is 2.27. The van der Waals surface area contributed by atoms with Crippen LogP contribution in [0, 0.1) is 0 Å². The Morgan fingerprint density at radius 3 is 2.87 bits per heavy atom. The Kier molecular flexibility index (Phi) is 5.05. The number of likely N-dealkylation sites (tertiary alicyclic amines) is 1. The first-order valence-electron chi connectivity index (χ1n) is 5.82. The Labute approximate surface area is 91.6 Å². The van der Waals surface area contributed by atoms with E-state index in [0.29, 0.717) is 25.2 Å². The van der Waals surface area contributed by atoms with E-state index in [-0.39, 0.29) is 12.5 Å². The Balaban J connectivity index is 2.37. The van der Waals surface area contributed by atoms with Crippen LogP contribution in [0.1, 0.15) is 33.1 Å². The molecule has 1 amide bonds. The van der Waals surface area contributed by atoms with Crippen molar-refractivity contribution in [1.82, 2.24) is 10.2 Å². The van der Waals surface area contributed by atoms with Crippen LogP contribution in [0.25, 0.3) is 0 Å². The van der Waals surface area contributed by atoms with Gasteiger partial charge in [0.05, 0.1) is 13.2 Å². The zero-order chi connectivity index (χ0) is 11.3. The fraction of sp³-hybridized carbons (Fsp3) is 0.909. The van der Waals surface area contributed by atoms with E-state index in [0.717, 1.165) is 6.42 Å². The third-order valence-electron chi connectivity index (χ3n) is 3.18. The van der Waals surface area contributed by atoms with Crippen molar-refractivity contribution in [2.75, 3.05) is 19.7 Å². The van der Waals surface area contributed by atoms with Gasteiger partial charge in [-0.25, -0.2) is 0 Å². The van der Waals surface area contributed by atoms with Gasteiger partial charge in [-0.15, -0.1) is 0 Å². The van der Waals surface area contributed by atoms with Crippen LogP contribution in [-0.4, -0.2) is 47.7 Å². The van der Waals surface area contributed by atoms with Crippen LogP contribution in [0.5, 0.6) is 0 Å². The van der Waals surface area contributed by atoms with Gasteiger partial charge in [0.15, 0.2) is 0 Å². The first kappa shape index (κ1) is 12.5. The third-order valence-corrected chi connectivity index (χ3v) is 3.18. The molecule has 0 saturated carbocycles. The number of nitrogens with zero attached hydrogens (tertiary/aromatic N) is 1. The molecule has 0 spiro atoms. The van der Waals surface area contributed by atoms with Crippen LogP contribution in [0.15, 0.2) is 0 Å². The second-order valence-corrected chi connectivity index (χ2v) is 4.23. The Hall–Kier alpha value is -0.610. The summed E-state index contributed by atoms with van der Waals surface area (Å²) in [4.78, 5) is 13.8. The van der Waals surface area contributed by atoms with Gasteiger partial charge in [-0.2, -0.15) is 0 Å². The topological polar surface area (TPSA) is 52.6 Å². The average molecular weight is 214 g/mol. The number of hydrogen-bond donors (Lipinski definition) is 2. The van der Waals surface area contributed by atoms with E-state index in [1.807, 2.05) is 0 Å². The molecule has 0 aromatic carbocycles. The van der Waals surface area contributed by atoms with Crippen molar-refractivity contribution in [3.8, 4) is 0 Å². The lowest BCUT2D eigenvalue weighted by atomic mass is 10.1. The summed E-state index contributed by atoms with van der Waals surface area (Å²) in [7, 11) is 0. The minimum atomic E-state index is 0.0124. The van der Waals surface area contributed by atoms with E-state index in [1.165, 1.54) is 12.8 Å². The molecule has 88 valence electrons. The van der Waals surface area contributed by atoms with Crippen molar-refractivity contribution in [2.45, 2.75) is 45.2 Å². The minimum Gasteiger partial charge on any atom is -0.395 e. The van der Waals surface area contributed by atoms with Gasteiger partial charge >= 0.3 is 0 Å². The zero-order valence-electron chi connectivity index (χ0n) is 9.70. The molecule has 0 radical (unpaired) electrons. The van der Waals surface area contributed by atoms with Gasteiger partial charge < -0.3 is 10.4 Å². The van der Waals surface area contributed by atoms with Crippen LogP contribution < -0.4 is 5.32 Å². The molecule has 2 unspecified atom stereocenters. The maximum Gasteiger partial charge on any atom is 0.234 e. The van der Waals surface area contributed by atoms with Gasteiger partial charge in [-0.05, 0) is 26.2 Å². The average Bonchev–Trinajstić information content (AvgIpc) is 2.57. The highest BCUT2D eigenvalue weighted by Gasteiger charge is 2.30. The molecule has 15 heavy (non-hydrogen) atoms. The molecular weight excluding hydrogens is 192 g/mol. The number of carbonyl (C=O) groups is 1. The SMILES string of the molecule is CCC1CCC(C)N1CC(=O)NCCO. The van der Waals surface area contributed by atoms with E-state index < -0.39 is 0 Å². The van der Waals surface area contributed by atoms with Crippen molar-refractivity contribution in [3.63, 3.8) is 0 Å². The largest absolute Gasteiger partial charge is 0.395 e. The van der Waals surface area contributed by atoms with Gasteiger partial charge in [0.25, 0.3) is 0 Å². The van der Waals surface area contributed by atoms with Crippen molar-refractivity contribution in [3.05, 3.63) is 0 Å². The molecule has 2 atom stereocenters. The predicted octanol–water partition coefficient (Wildman–Crippen LogP) is 0.358. The number of rotatable bonds is 5. The summed E-state index contributed by atoms with van der Waals surface area (Å²) in [5, 5.41) is 11.3. The first-order valence-corrected chi connectivity index (χ1v) is 5.82. The van der Waals surface area contributed by atoms with Gasteiger partial charge in [-0.3, -0.25) is 9.69 Å². The van der Waals surface area contributed by atoms with Gasteiger partial charge in [-0.1, -0.05) is 6.92 Å². The summed E-state index contributed by atoms with van der Waals surface area (Å²) < 4.78 is 0. The normalized spacial score (nSPS) is 26.9. The predicted molar refractivity (Wildman–Crippen MR) is 59.6 cm³/mol. The number of hydrogen-bond acceptors (Lipinski definition) is 3. The lowest BCUT2D eigenvalue weighted by Crippen LogP contribution is -2.43. The fourth-order valence-electron chi connectivity index (χ4n) is 2.27. The van der Waals surface area contributed by atoms with Crippen molar-refractivity contribution in [2.24, 2.45) is 0 Å². The summed E-state index contributed by atoms with van der Waals surface area (Å²) in [5.41, 5.74) is 0. The Morgan fingerprint density at radius 2 is 2.27 bits per heavy atom. The molecule has 1 heterocycles. The molecule has 1 aliphatic rings.